The first-order valence-electron chi connectivity index (χ1n) is 11.1. The third-order valence-corrected chi connectivity index (χ3v) is 7.85. The van der Waals surface area contributed by atoms with Gasteiger partial charge >= 0.3 is 0 Å². The number of fused-ring (bicyclic) bond motifs is 8. The molecule has 3 aromatic rings. The molecule has 0 unspecified atom stereocenters. The van der Waals surface area contributed by atoms with Crippen molar-refractivity contribution >= 4 is 0 Å². The van der Waals surface area contributed by atoms with E-state index in [9.17, 15) is 5.11 Å². The molecular weight excluding hydrogens is 368 g/mol. The highest BCUT2D eigenvalue weighted by atomic mass is 16.3. The van der Waals surface area contributed by atoms with Gasteiger partial charge in [0.25, 0.3) is 0 Å². The highest BCUT2D eigenvalue weighted by Gasteiger charge is 2.53. The molecule has 30 heavy (non-hydrogen) atoms. The van der Waals surface area contributed by atoms with Crippen LogP contribution in [0.25, 0.3) is 0 Å². The molecule has 1 N–H and O–H groups in total. The van der Waals surface area contributed by atoms with Crippen LogP contribution in [0.1, 0.15) is 58.6 Å². The third-order valence-electron chi connectivity index (χ3n) is 7.85. The second-order valence-corrected chi connectivity index (χ2v) is 9.57. The first-order valence-corrected chi connectivity index (χ1v) is 11.1. The zero-order valence-corrected chi connectivity index (χ0v) is 17.5. The topological polar surface area (TPSA) is 36.4 Å². The van der Waals surface area contributed by atoms with Gasteiger partial charge in [-0.15, -0.1) is 0 Å². The monoisotopic (exact) mass is 396 g/mol. The summed E-state index contributed by atoms with van der Waals surface area (Å²) in [5.41, 5.74) is 7.52. The molecule has 2 heterocycles. The number of piperidine rings is 1. The number of hydrogen-bond acceptors (Lipinski definition) is 3. The Balaban J connectivity index is 1.29. The molecule has 0 spiro atoms. The Morgan fingerprint density at radius 1 is 0.967 bits per heavy atom. The van der Waals surface area contributed by atoms with E-state index in [0.29, 0.717) is 5.92 Å². The average Bonchev–Trinajstić information content (AvgIpc) is 3.28. The number of rotatable bonds is 3. The van der Waals surface area contributed by atoms with E-state index < -0.39 is 5.60 Å². The van der Waals surface area contributed by atoms with Gasteiger partial charge in [0.1, 0.15) is 0 Å². The summed E-state index contributed by atoms with van der Waals surface area (Å²) in [6, 6.07) is 20.2. The summed E-state index contributed by atoms with van der Waals surface area (Å²) in [4.78, 5) is 6.90. The second-order valence-electron chi connectivity index (χ2n) is 9.57. The van der Waals surface area contributed by atoms with E-state index >= 15 is 0 Å². The Morgan fingerprint density at radius 2 is 1.60 bits per heavy atom. The van der Waals surface area contributed by atoms with E-state index in [4.69, 9.17) is 0 Å². The maximum Gasteiger partial charge on any atom is 0.0935 e. The van der Waals surface area contributed by atoms with Crippen LogP contribution in [0.4, 0.5) is 0 Å². The number of aliphatic hydroxyl groups is 1. The van der Waals surface area contributed by atoms with E-state index in [0.717, 1.165) is 43.6 Å². The summed E-state index contributed by atoms with van der Waals surface area (Å²) < 4.78 is 0. The lowest BCUT2D eigenvalue weighted by atomic mass is 9.74. The van der Waals surface area contributed by atoms with Crippen molar-refractivity contribution in [2.45, 2.75) is 43.1 Å². The van der Waals surface area contributed by atoms with E-state index in [1.165, 1.54) is 28.7 Å². The molecule has 152 valence electrons. The molecule has 1 aliphatic heterocycles. The van der Waals surface area contributed by atoms with E-state index in [-0.39, 0.29) is 5.41 Å². The lowest BCUT2D eigenvalue weighted by Gasteiger charge is -2.42. The summed E-state index contributed by atoms with van der Waals surface area (Å²) in [5.74, 6) is 0.539. The maximum atomic E-state index is 11.3. The quantitative estimate of drug-likeness (QED) is 0.708. The summed E-state index contributed by atoms with van der Waals surface area (Å²) in [6.07, 6.45) is 6.41. The fraction of sp³-hybridized carbons (Fsp3) is 0.370. The molecule has 2 aliphatic carbocycles. The maximum absolute atomic E-state index is 11.3. The van der Waals surface area contributed by atoms with Crippen LogP contribution in [0.5, 0.6) is 0 Å². The summed E-state index contributed by atoms with van der Waals surface area (Å²) in [7, 11) is 0. The Hall–Kier alpha value is -2.49. The smallest absolute Gasteiger partial charge is 0.0935 e. The zero-order chi connectivity index (χ0) is 20.3. The minimum Gasteiger partial charge on any atom is -0.385 e. The second kappa shape index (κ2) is 6.50. The largest absolute Gasteiger partial charge is 0.385 e. The average molecular weight is 397 g/mol. The molecule has 1 saturated heterocycles. The number of benzene rings is 2. The molecule has 0 saturated carbocycles. The Labute approximate surface area is 178 Å². The Kier molecular flexibility index (Phi) is 3.96. The lowest BCUT2D eigenvalue weighted by Crippen LogP contribution is -2.47. The summed E-state index contributed by atoms with van der Waals surface area (Å²) in [6.45, 7) is 4.92. The molecule has 3 heteroatoms. The number of aromatic nitrogens is 1. The fourth-order valence-electron chi connectivity index (χ4n) is 6.37. The number of likely N-dealkylation sites (tertiary alicyclic amines) is 1. The van der Waals surface area contributed by atoms with Gasteiger partial charge < -0.3 is 10.0 Å². The number of hydrogen-bond donors (Lipinski definition) is 1. The third kappa shape index (κ3) is 2.55. The van der Waals surface area contributed by atoms with Crippen LogP contribution in [0, 0.1) is 6.92 Å². The molecular formula is C27H28N2O. The number of pyridine rings is 1. The summed E-state index contributed by atoms with van der Waals surface area (Å²) in [5, 5.41) is 11.3. The van der Waals surface area contributed by atoms with Gasteiger partial charge in [0.15, 0.2) is 0 Å². The predicted molar refractivity (Wildman–Crippen MR) is 119 cm³/mol. The van der Waals surface area contributed by atoms with Crippen LogP contribution >= 0.6 is 0 Å². The van der Waals surface area contributed by atoms with Gasteiger partial charge in [-0.1, -0.05) is 54.6 Å². The van der Waals surface area contributed by atoms with Gasteiger partial charge in [0, 0.05) is 48.9 Å². The zero-order valence-electron chi connectivity index (χ0n) is 17.5. The fourth-order valence-corrected chi connectivity index (χ4v) is 6.37. The van der Waals surface area contributed by atoms with Gasteiger partial charge in [-0.05, 0) is 54.0 Å². The molecule has 0 radical (unpaired) electrons. The van der Waals surface area contributed by atoms with Crippen LogP contribution in [0.3, 0.4) is 0 Å². The molecule has 2 bridgehead atoms. The molecule has 3 nitrogen and oxygen atoms in total. The number of aryl methyl sites for hydroxylation is 1. The standard InChI is InChI=1S/C27H28N2O/c1-19-14-20(17-28-16-19)27(30)10-12-29(13-11-27)18-26-15-23(21-6-2-4-8-24(21)26)22-7-3-5-9-25(22)26/h2-9,14,16-17,23,30H,10-13,15,18H2,1H3. The number of nitrogens with zero attached hydrogens (tertiary/aromatic N) is 2. The van der Waals surface area contributed by atoms with Crippen molar-refractivity contribution in [2.24, 2.45) is 0 Å². The van der Waals surface area contributed by atoms with Gasteiger partial charge in [-0.3, -0.25) is 4.98 Å². The lowest BCUT2D eigenvalue weighted by molar-refractivity contribution is -0.0292. The Morgan fingerprint density at radius 3 is 2.23 bits per heavy atom. The van der Waals surface area contributed by atoms with Crippen molar-refractivity contribution < 1.29 is 5.11 Å². The molecule has 3 aliphatic rings. The summed E-state index contributed by atoms with van der Waals surface area (Å²) >= 11 is 0. The molecule has 2 aromatic carbocycles. The first-order chi connectivity index (χ1) is 14.6. The van der Waals surface area contributed by atoms with Gasteiger partial charge in [0.2, 0.25) is 0 Å². The van der Waals surface area contributed by atoms with Crippen molar-refractivity contribution in [3.63, 3.8) is 0 Å². The predicted octanol–water partition coefficient (Wildman–Crippen LogP) is 4.51. The minimum atomic E-state index is -0.753. The van der Waals surface area contributed by atoms with Gasteiger partial charge in [0.05, 0.1) is 5.60 Å². The Bertz CT molecular complexity index is 1070. The molecule has 0 amide bonds. The minimum absolute atomic E-state index is 0.0954. The van der Waals surface area contributed by atoms with Crippen LogP contribution < -0.4 is 0 Å². The highest BCUT2D eigenvalue weighted by Crippen LogP contribution is 2.60. The van der Waals surface area contributed by atoms with E-state index in [1.54, 1.807) is 0 Å². The van der Waals surface area contributed by atoms with Crippen molar-refractivity contribution in [1.82, 2.24) is 9.88 Å². The van der Waals surface area contributed by atoms with E-state index in [2.05, 4.69) is 64.5 Å². The molecule has 1 aromatic heterocycles. The highest BCUT2D eigenvalue weighted by molar-refractivity contribution is 5.62. The van der Waals surface area contributed by atoms with Crippen LogP contribution in [-0.4, -0.2) is 34.6 Å². The van der Waals surface area contributed by atoms with Gasteiger partial charge in [-0.25, -0.2) is 0 Å². The van der Waals surface area contributed by atoms with Crippen molar-refractivity contribution in [1.29, 1.82) is 0 Å². The first kappa shape index (κ1) is 18.3. The van der Waals surface area contributed by atoms with Crippen molar-refractivity contribution in [3.05, 3.63) is 100 Å². The SMILES string of the molecule is Cc1cncc(C2(O)CCN(CC34CC(c5ccccc53)c3ccccc34)CC2)c1. The van der Waals surface area contributed by atoms with Crippen molar-refractivity contribution in [3.8, 4) is 0 Å². The van der Waals surface area contributed by atoms with Gasteiger partial charge in [-0.2, -0.15) is 0 Å². The van der Waals surface area contributed by atoms with Crippen LogP contribution in [0.15, 0.2) is 67.0 Å². The van der Waals surface area contributed by atoms with Crippen LogP contribution in [0.2, 0.25) is 0 Å². The van der Waals surface area contributed by atoms with E-state index in [1.807, 2.05) is 19.3 Å². The van der Waals surface area contributed by atoms with Crippen LogP contribution in [-0.2, 0) is 11.0 Å². The van der Waals surface area contributed by atoms with Crippen molar-refractivity contribution in [2.75, 3.05) is 19.6 Å². The normalized spacial score (nSPS) is 26.4. The molecule has 0 atom stereocenters. The molecule has 1 fully saturated rings. The molecule has 6 rings (SSSR count).